The molecule has 5 heteroatoms. The van der Waals surface area contributed by atoms with E-state index in [0.29, 0.717) is 5.69 Å². The summed E-state index contributed by atoms with van der Waals surface area (Å²) in [6.45, 7) is 0. The summed E-state index contributed by atoms with van der Waals surface area (Å²) in [4.78, 5) is 24.4. The van der Waals surface area contributed by atoms with Crippen LogP contribution in [0.1, 0.15) is 0 Å². The molecule has 0 unspecified atom stereocenters. The highest BCUT2D eigenvalue weighted by molar-refractivity contribution is 6.38. The Morgan fingerprint density at radius 2 is 1.94 bits per heavy atom. The molecule has 2 heterocycles. The van der Waals surface area contributed by atoms with E-state index in [1.807, 2.05) is 6.07 Å². The van der Waals surface area contributed by atoms with Crippen LogP contribution in [0.15, 0.2) is 42.5 Å². The van der Waals surface area contributed by atoms with Crippen LogP contribution in [0.2, 0.25) is 0 Å². The minimum absolute atomic E-state index is 0.266. The maximum absolute atomic E-state index is 11.8. The maximum atomic E-state index is 11.8. The third-order valence-electron chi connectivity index (χ3n) is 2.89. The van der Waals surface area contributed by atoms with Crippen molar-refractivity contribution >= 4 is 29.2 Å². The first-order chi connectivity index (χ1) is 8.15. The fourth-order valence-electron chi connectivity index (χ4n) is 2.09. The molecular weight excluding hydrogens is 242 g/mol. The zero-order valence-corrected chi connectivity index (χ0v) is 9.42. The highest BCUT2D eigenvalue weighted by Crippen LogP contribution is 2.44. The number of hydrogen-bond acceptors (Lipinski definition) is 3. The molecule has 1 aromatic rings. The van der Waals surface area contributed by atoms with Gasteiger partial charge in [-0.3, -0.25) is 9.69 Å². The third kappa shape index (κ3) is 1.24. The molecule has 2 aliphatic rings. The van der Waals surface area contributed by atoms with E-state index >= 15 is 0 Å². The number of nitrogens with zero attached hydrogens (tertiary/aromatic N) is 1. The average Bonchev–Trinajstić information content (AvgIpc) is 2.75. The normalized spacial score (nSPS) is 30.6. The molecule has 0 aliphatic carbocycles. The second kappa shape index (κ2) is 3.34. The SMILES string of the molecule is O=C1C=C[C@]2(O1)[C@H](Cl)C(=O)N2c1ccccc1. The lowest BCUT2D eigenvalue weighted by Crippen LogP contribution is -2.72. The Labute approximate surface area is 102 Å². The number of alkyl halides is 1. The molecule has 0 radical (unpaired) electrons. The first-order valence-corrected chi connectivity index (χ1v) is 5.54. The van der Waals surface area contributed by atoms with E-state index in [9.17, 15) is 9.59 Å². The molecule has 1 fully saturated rings. The van der Waals surface area contributed by atoms with Crippen molar-refractivity contribution in [3.63, 3.8) is 0 Å². The summed E-state index contributed by atoms with van der Waals surface area (Å²) < 4.78 is 5.16. The lowest BCUT2D eigenvalue weighted by Gasteiger charge is -2.50. The number of esters is 1. The molecule has 2 aliphatic heterocycles. The molecule has 4 nitrogen and oxygen atoms in total. The standard InChI is InChI=1S/C12H8ClNO3/c13-10-11(16)14(8-4-2-1-3-5-8)12(10)7-6-9(15)17-12/h1-7,10H/t10-,12+/m1/s1. The Morgan fingerprint density at radius 3 is 2.53 bits per heavy atom. The first kappa shape index (κ1) is 10.4. The van der Waals surface area contributed by atoms with Gasteiger partial charge in [-0.25, -0.2) is 4.79 Å². The molecule has 1 saturated heterocycles. The molecule has 2 atom stereocenters. The Morgan fingerprint density at radius 1 is 1.24 bits per heavy atom. The summed E-state index contributed by atoms with van der Waals surface area (Å²) in [5.41, 5.74) is -0.481. The van der Waals surface area contributed by atoms with Crippen molar-refractivity contribution in [2.45, 2.75) is 11.1 Å². The van der Waals surface area contributed by atoms with Gasteiger partial charge in [0.1, 0.15) is 0 Å². The Kier molecular flexibility index (Phi) is 2.03. The van der Waals surface area contributed by atoms with Gasteiger partial charge in [-0.05, 0) is 18.2 Å². The topological polar surface area (TPSA) is 46.6 Å². The van der Waals surface area contributed by atoms with Crippen LogP contribution in [0.4, 0.5) is 5.69 Å². The van der Waals surface area contributed by atoms with E-state index < -0.39 is 17.1 Å². The van der Waals surface area contributed by atoms with Crippen LogP contribution in [0.25, 0.3) is 0 Å². The van der Waals surface area contributed by atoms with Gasteiger partial charge in [0.15, 0.2) is 5.38 Å². The van der Waals surface area contributed by atoms with Gasteiger partial charge in [-0.2, -0.15) is 0 Å². The van der Waals surface area contributed by atoms with E-state index in [-0.39, 0.29) is 5.91 Å². The van der Waals surface area contributed by atoms with Crippen molar-refractivity contribution in [1.29, 1.82) is 0 Å². The van der Waals surface area contributed by atoms with Crippen LogP contribution in [-0.2, 0) is 14.3 Å². The van der Waals surface area contributed by atoms with Crippen molar-refractivity contribution in [2.75, 3.05) is 4.90 Å². The quantitative estimate of drug-likeness (QED) is 0.430. The van der Waals surface area contributed by atoms with Crippen molar-refractivity contribution in [1.82, 2.24) is 0 Å². The molecule has 1 amide bonds. The van der Waals surface area contributed by atoms with Crippen LogP contribution in [0.5, 0.6) is 0 Å². The molecule has 86 valence electrons. The highest BCUT2D eigenvalue weighted by atomic mass is 35.5. The monoisotopic (exact) mass is 249 g/mol. The van der Waals surface area contributed by atoms with Gasteiger partial charge in [-0.15, -0.1) is 11.6 Å². The molecule has 17 heavy (non-hydrogen) atoms. The van der Waals surface area contributed by atoms with Crippen LogP contribution >= 0.6 is 11.6 Å². The van der Waals surface area contributed by atoms with Gasteiger partial charge in [-0.1, -0.05) is 18.2 Å². The molecular formula is C12H8ClNO3. The number of carbonyl (C=O) groups is 2. The molecule has 0 saturated carbocycles. The Bertz CT molecular complexity index is 528. The molecule has 1 spiro atoms. The largest absolute Gasteiger partial charge is 0.429 e. The number of hydrogen-bond donors (Lipinski definition) is 0. The summed E-state index contributed by atoms with van der Waals surface area (Å²) in [5.74, 6) is -0.749. The number of β-lactam (4-membered cyclic amide) rings is 1. The smallest absolute Gasteiger partial charge is 0.333 e. The lowest BCUT2D eigenvalue weighted by atomic mass is 9.95. The second-order valence-corrected chi connectivity index (χ2v) is 4.31. The molecule has 0 bridgehead atoms. The Hall–Kier alpha value is -1.81. The van der Waals surface area contributed by atoms with Gasteiger partial charge in [0.2, 0.25) is 5.72 Å². The van der Waals surface area contributed by atoms with Crippen LogP contribution in [0.3, 0.4) is 0 Å². The number of ether oxygens (including phenoxy) is 1. The third-order valence-corrected chi connectivity index (χ3v) is 3.39. The van der Waals surface area contributed by atoms with E-state index in [2.05, 4.69) is 0 Å². The van der Waals surface area contributed by atoms with Crippen LogP contribution in [0, 0.1) is 0 Å². The second-order valence-electron chi connectivity index (χ2n) is 3.88. The fourth-order valence-corrected chi connectivity index (χ4v) is 2.40. The fraction of sp³-hybridized carbons (Fsp3) is 0.167. The molecule has 0 aromatic heterocycles. The van der Waals surface area contributed by atoms with E-state index in [1.165, 1.54) is 17.1 Å². The summed E-state index contributed by atoms with van der Waals surface area (Å²) in [6.07, 6.45) is 2.82. The van der Waals surface area contributed by atoms with Crippen LogP contribution < -0.4 is 4.90 Å². The number of halogens is 1. The first-order valence-electron chi connectivity index (χ1n) is 5.10. The predicted molar refractivity (Wildman–Crippen MR) is 61.5 cm³/mol. The highest BCUT2D eigenvalue weighted by Gasteiger charge is 2.63. The van der Waals surface area contributed by atoms with Crippen molar-refractivity contribution in [2.24, 2.45) is 0 Å². The minimum atomic E-state index is -1.14. The number of benzene rings is 1. The molecule has 3 rings (SSSR count). The summed E-state index contributed by atoms with van der Waals surface area (Å²) in [6, 6.07) is 8.98. The number of carbonyl (C=O) groups excluding carboxylic acids is 2. The lowest BCUT2D eigenvalue weighted by molar-refractivity contribution is -0.156. The van der Waals surface area contributed by atoms with Crippen molar-refractivity contribution < 1.29 is 14.3 Å². The number of anilines is 1. The number of amides is 1. The van der Waals surface area contributed by atoms with Gasteiger partial charge < -0.3 is 4.74 Å². The van der Waals surface area contributed by atoms with E-state index in [1.54, 1.807) is 24.3 Å². The zero-order valence-electron chi connectivity index (χ0n) is 8.67. The summed E-state index contributed by atoms with van der Waals surface area (Å²) in [7, 11) is 0. The maximum Gasteiger partial charge on any atom is 0.333 e. The number of rotatable bonds is 1. The minimum Gasteiger partial charge on any atom is -0.429 e. The van der Waals surface area contributed by atoms with Gasteiger partial charge in [0.25, 0.3) is 5.91 Å². The van der Waals surface area contributed by atoms with Crippen LogP contribution in [-0.4, -0.2) is 23.0 Å². The van der Waals surface area contributed by atoms with Gasteiger partial charge in [0.05, 0.1) is 0 Å². The van der Waals surface area contributed by atoms with Gasteiger partial charge in [0, 0.05) is 11.8 Å². The Balaban J connectivity index is 2.03. The molecule has 1 aromatic carbocycles. The van der Waals surface area contributed by atoms with E-state index in [0.717, 1.165) is 0 Å². The van der Waals surface area contributed by atoms with Crippen molar-refractivity contribution in [3.8, 4) is 0 Å². The average molecular weight is 250 g/mol. The predicted octanol–water partition coefficient (Wildman–Crippen LogP) is 1.45. The van der Waals surface area contributed by atoms with E-state index in [4.69, 9.17) is 16.3 Å². The molecule has 0 N–H and O–H groups in total. The number of para-hydroxylation sites is 1. The summed E-state index contributed by atoms with van der Waals surface area (Å²) in [5, 5.41) is -0.856. The van der Waals surface area contributed by atoms with Crippen molar-refractivity contribution in [3.05, 3.63) is 42.5 Å². The summed E-state index contributed by atoms with van der Waals surface area (Å²) >= 11 is 5.95. The van der Waals surface area contributed by atoms with Gasteiger partial charge >= 0.3 is 5.97 Å². The zero-order chi connectivity index (χ0) is 12.0.